The molecule has 146 valence electrons. The molecule has 0 amide bonds. The topological polar surface area (TPSA) is 54.2 Å². The summed E-state index contributed by atoms with van der Waals surface area (Å²) in [6.45, 7) is 2.15. The lowest BCUT2D eigenvalue weighted by Gasteiger charge is -2.19. The molecule has 1 fully saturated rings. The summed E-state index contributed by atoms with van der Waals surface area (Å²) in [5, 5.41) is 11.4. The van der Waals surface area contributed by atoms with E-state index in [0.29, 0.717) is 12.0 Å². The number of hydrogen-bond acceptors (Lipinski definition) is 2. The Morgan fingerprint density at radius 3 is 2.68 bits per heavy atom. The molecule has 2 N–H and O–H groups in total. The van der Waals surface area contributed by atoms with Crippen LogP contribution in [0.3, 0.4) is 0 Å². The van der Waals surface area contributed by atoms with Gasteiger partial charge in [-0.1, -0.05) is 42.5 Å². The molecule has 1 saturated carbocycles. The largest absolute Gasteiger partial charge is 0.353 e. The molecule has 0 spiro atoms. The molecule has 5 nitrogen and oxygen atoms in total. The fourth-order valence-electron chi connectivity index (χ4n) is 3.42. The molecule has 1 heterocycles. The first-order valence-corrected chi connectivity index (χ1v) is 9.39. The molecule has 3 atom stereocenters. The smallest absolute Gasteiger partial charge is 0.191 e. The lowest BCUT2D eigenvalue weighted by atomic mass is 10.1. The highest BCUT2D eigenvalue weighted by Gasteiger charge is 2.38. The summed E-state index contributed by atoms with van der Waals surface area (Å²) in [6.07, 6.45) is 4.89. The fourth-order valence-corrected chi connectivity index (χ4v) is 3.42. The summed E-state index contributed by atoms with van der Waals surface area (Å²) in [5.41, 5.74) is 3.65. The summed E-state index contributed by atoms with van der Waals surface area (Å²) in [6, 6.07) is 21.6. The Bertz CT molecular complexity index is 908. The number of hydrogen-bond donors (Lipinski definition) is 2. The van der Waals surface area contributed by atoms with E-state index in [9.17, 15) is 0 Å². The van der Waals surface area contributed by atoms with Crippen LogP contribution in [-0.4, -0.2) is 28.8 Å². The molecule has 2 aromatic carbocycles. The molecule has 1 aromatic heterocycles. The SMILES string of the molecule is CN=C(NC(C)c1cccc(-n2cccn2)c1)NC1CC1c1ccccc1.I. The molecule has 0 bridgehead atoms. The number of halogens is 1. The van der Waals surface area contributed by atoms with Crippen LogP contribution in [0.4, 0.5) is 0 Å². The minimum Gasteiger partial charge on any atom is -0.353 e. The van der Waals surface area contributed by atoms with E-state index in [4.69, 9.17) is 0 Å². The Hall–Kier alpha value is -2.35. The summed E-state index contributed by atoms with van der Waals surface area (Å²) in [4.78, 5) is 4.41. The second-order valence-electron chi connectivity index (χ2n) is 6.99. The van der Waals surface area contributed by atoms with Crippen LogP contribution in [-0.2, 0) is 0 Å². The van der Waals surface area contributed by atoms with Crippen molar-refractivity contribution in [2.75, 3.05) is 7.05 Å². The van der Waals surface area contributed by atoms with E-state index >= 15 is 0 Å². The average molecular weight is 487 g/mol. The third-order valence-electron chi connectivity index (χ3n) is 5.06. The molecular weight excluding hydrogens is 461 g/mol. The van der Waals surface area contributed by atoms with Crippen LogP contribution >= 0.6 is 24.0 Å². The van der Waals surface area contributed by atoms with Gasteiger partial charge in [0.1, 0.15) is 0 Å². The van der Waals surface area contributed by atoms with E-state index < -0.39 is 0 Å². The number of nitrogens with one attached hydrogen (secondary N) is 2. The molecular formula is C22H26IN5. The van der Waals surface area contributed by atoms with Gasteiger partial charge in [0.05, 0.1) is 11.7 Å². The molecule has 3 aromatic rings. The van der Waals surface area contributed by atoms with Crippen LogP contribution in [0.5, 0.6) is 0 Å². The van der Waals surface area contributed by atoms with Gasteiger partial charge in [0.25, 0.3) is 0 Å². The van der Waals surface area contributed by atoms with E-state index in [1.54, 1.807) is 6.20 Å². The van der Waals surface area contributed by atoms with Crippen molar-refractivity contribution in [2.45, 2.75) is 31.3 Å². The molecule has 0 radical (unpaired) electrons. The molecule has 3 unspecified atom stereocenters. The second kappa shape index (κ2) is 9.23. The number of nitrogens with zero attached hydrogens (tertiary/aromatic N) is 3. The van der Waals surface area contributed by atoms with Crippen molar-refractivity contribution in [3.05, 3.63) is 84.2 Å². The summed E-state index contributed by atoms with van der Waals surface area (Å²) in [5.74, 6) is 1.42. The quantitative estimate of drug-likeness (QED) is 0.321. The normalized spacial score (nSPS) is 19.4. The molecule has 1 aliphatic rings. The van der Waals surface area contributed by atoms with Gasteiger partial charge in [-0.05, 0) is 42.7 Å². The lowest BCUT2D eigenvalue weighted by Crippen LogP contribution is -2.40. The van der Waals surface area contributed by atoms with Crippen molar-refractivity contribution in [2.24, 2.45) is 4.99 Å². The van der Waals surface area contributed by atoms with Gasteiger partial charge in [-0.25, -0.2) is 4.68 Å². The molecule has 1 aliphatic carbocycles. The van der Waals surface area contributed by atoms with Crippen molar-refractivity contribution in [1.82, 2.24) is 20.4 Å². The monoisotopic (exact) mass is 487 g/mol. The van der Waals surface area contributed by atoms with Gasteiger partial charge in [-0.15, -0.1) is 24.0 Å². The molecule has 0 aliphatic heterocycles. The Kier molecular flexibility index (Phi) is 6.72. The highest BCUT2D eigenvalue weighted by atomic mass is 127. The summed E-state index contributed by atoms with van der Waals surface area (Å²) < 4.78 is 1.87. The van der Waals surface area contributed by atoms with Crippen LogP contribution in [0.25, 0.3) is 5.69 Å². The lowest BCUT2D eigenvalue weighted by molar-refractivity contribution is 0.680. The Morgan fingerprint density at radius 2 is 1.96 bits per heavy atom. The van der Waals surface area contributed by atoms with E-state index in [-0.39, 0.29) is 30.0 Å². The predicted molar refractivity (Wildman–Crippen MR) is 125 cm³/mol. The van der Waals surface area contributed by atoms with E-state index in [1.165, 1.54) is 11.1 Å². The van der Waals surface area contributed by atoms with Gasteiger partial charge in [-0.2, -0.15) is 5.10 Å². The molecule has 4 rings (SSSR count). The number of aliphatic imine (C=N–C) groups is 1. The third kappa shape index (κ3) is 4.73. The van der Waals surface area contributed by atoms with Crippen molar-refractivity contribution in [3.8, 4) is 5.69 Å². The van der Waals surface area contributed by atoms with Crippen molar-refractivity contribution in [1.29, 1.82) is 0 Å². The Balaban J connectivity index is 0.00000225. The van der Waals surface area contributed by atoms with Crippen molar-refractivity contribution in [3.63, 3.8) is 0 Å². The third-order valence-corrected chi connectivity index (χ3v) is 5.06. The van der Waals surface area contributed by atoms with Crippen LogP contribution < -0.4 is 10.6 Å². The Labute approximate surface area is 183 Å². The van der Waals surface area contributed by atoms with Crippen LogP contribution in [0.2, 0.25) is 0 Å². The maximum absolute atomic E-state index is 4.41. The summed E-state index contributed by atoms with van der Waals surface area (Å²) >= 11 is 0. The first-order valence-electron chi connectivity index (χ1n) is 9.39. The fraction of sp³-hybridized carbons (Fsp3) is 0.273. The highest BCUT2D eigenvalue weighted by Crippen LogP contribution is 2.40. The summed E-state index contributed by atoms with van der Waals surface area (Å²) in [7, 11) is 1.82. The average Bonchev–Trinajstić information content (AvgIpc) is 3.26. The number of aromatic nitrogens is 2. The predicted octanol–water partition coefficient (Wildman–Crippen LogP) is 4.27. The zero-order valence-electron chi connectivity index (χ0n) is 16.1. The zero-order valence-corrected chi connectivity index (χ0v) is 18.4. The van der Waals surface area contributed by atoms with Crippen LogP contribution in [0.15, 0.2) is 78.0 Å². The van der Waals surface area contributed by atoms with Gasteiger partial charge in [0.2, 0.25) is 0 Å². The van der Waals surface area contributed by atoms with Gasteiger partial charge < -0.3 is 10.6 Å². The second-order valence-corrected chi connectivity index (χ2v) is 6.99. The molecule has 0 saturated heterocycles. The van der Waals surface area contributed by atoms with E-state index in [2.05, 4.69) is 82.2 Å². The van der Waals surface area contributed by atoms with Crippen molar-refractivity contribution >= 4 is 29.9 Å². The minimum absolute atomic E-state index is 0. The van der Waals surface area contributed by atoms with Gasteiger partial charge in [0, 0.05) is 31.4 Å². The number of benzene rings is 2. The molecule has 6 heteroatoms. The van der Waals surface area contributed by atoms with E-state index in [1.807, 2.05) is 24.0 Å². The van der Waals surface area contributed by atoms with Crippen molar-refractivity contribution < 1.29 is 0 Å². The van der Waals surface area contributed by atoms with E-state index in [0.717, 1.165) is 18.1 Å². The zero-order chi connectivity index (χ0) is 18.6. The minimum atomic E-state index is 0. The van der Waals surface area contributed by atoms with Crippen LogP contribution in [0, 0.1) is 0 Å². The van der Waals surface area contributed by atoms with Crippen LogP contribution in [0.1, 0.15) is 36.4 Å². The van der Waals surface area contributed by atoms with Gasteiger partial charge in [-0.3, -0.25) is 4.99 Å². The van der Waals surface area contributed by atoms with Gasteiger partial charge in [0.15, 0.2) is 5.96 Å². The molecule has 28 heavy (non-hydrogen) atoms. The maximum Gasteiger partial charge on any atom is 0.191 e. The highest BCUT2D eigenvalue weighted by molar-refractivity contribution is 14.0. The van der Waals surface area contributed by atoms with Gasteiger partial charge >= 0.3 is 0 Å². The standard InChI is InChI=1S/C22H25N5.HI/c1-16(18-10-6-11-19(14-18)27-13-7-12-24-27)25-22(23-2)26-21-15-20(21)17-8-4-3-5-9-17;/h3-14,16,20-21H,15H2,1-2H3,(H2,23,25,26);1H. The number of guanidine groups is 1. The first kappa shape index (κ1) is 20.4. The maximum atomic E-state index is 4.41. The number of rotatable bonds is 5. The first-order chi connectivity index (χ1) is 13.2. The Morgan fingerprint density at radius 1 is 1.14 bits per heavy atom.